The molecule has 0 aliphatic rings. The Balaban J connectivity index is 0.000000563. The average Bonchev–Trinajstić information content (AvgIpc) is 2.53. The summed E-state index contributed by atoms with van der Waals surface area (Å²) < 4.78 is 78.0. The molecule has 0 heterocycles. The highest BCUT2D eigenvalue weighted by molar-refractivity contribution is 6.50. The lowest BCUT2D eigenvalue weighted by Gasteiger charge is -1.99. The third-order valence-corrected chi connectivity index (χ3v) is 2.51. The molecule has 14 heteroatoms. The number of hydrogen-bond acceptors (Lipinski definition) is 2. The fraction of sp³-hybridized carbons (Fsp3) is 0.0769. The number of rotatable bonds is 2. The van der Waals surface area contributed by atoms with E-state index in [1.807, 2.05) is 24.3 Å². The molecule has 0 aliphatic heterocycles. The van der Waals surface area contributed by atoms with Crippen LogP contribution in [0.4, 0.5) is 45.9 Å². The quantitative estimate of drug-likeness (QED) is 0.317. The normalized spacial score (nSPS) is 10.3. The van der Waals surface area contributed by atoms with Gasteiger partial charge in [0.15, 0.2) is 9.95 Å². The Kier molecular flexibility index (Phi) is 9.50. The van der Waals surface area contributed by atoms with Gasteiger partial charge < -0.3 is 34.5 Å². The molecule has 0 saturated heterocycles. The van der Waals surface area contributed by atoms with Gasteiger partial charge in [-0.15, -0.1) is 0 Å². The third kappa shape index (κ3) is 16.1. The van der Waals surface area contributed by atoms with E-state index < -0.39 is 14.5 Å². The lowest BCUT2D eigenvalue weighted by atomic mass is 10.0. The van der Waals surface area contributed by atoms with Crippen molar-refractivity contribution in [2.75, 3.05) is 0 Å². The fourth-order valence-corrected chi connectivity index (χ4v) is 1.60. The van der Waals surface area contributed by atoms with E-state index in [1.165, 1.54) is 0 Å². The van der Waals surface area contributed by atoms with Crippen LogP contribution in [0.5, 0.6) is 0 Å². The summed E-state index contributed by atoms with van der Waals surface area (Å²) in [7, 11) is -12.0. The predicted molar refractivity (Wildman–Crippen MR) is 85.6 cm³/mol. The zero-order chi connectivity index (χ0) is 21.1. The largest absolute Gasteiger partial charge is 0.673 e. The summed E-state index contributed by atoms with van der Waals surface area (Å²) in [5.74, 6) is 0. The monoisotopic (exact) mass is 396 g/mol. The second-order valence-electron chi connectivity index (χ2n) is 4.70. The minimum atomic E-state index is -6.00. The highest BCUT2D eigenvalue weighted by Gasteiger charge is 2.21. The molecule has 2 aromatic carbocycles. The highest BCUT2D eigenvalue weighted by Crippen LogP contribution is 2.18. The molecule has 0 bridgehead atoms. The Bertz CT molecular complexity index is 697. The van der Waals surface area contributed by atoms with Crippen molar-refractivity contribution in [1.29, 1.82) is 10.8 Å². The molecule has 0 fully saturated rings. The van der Waals surface area contributed by atoms with E-state index in [2.05, 4.69) is 9.95 Å². The minimum absolute atomic E-state index is 0.545. The standard InChI is InChI=1S/C13H10N4.2BF4/c14-16-12-5-1-10(2-6-12)9-11-3-7-13(17-15)8-4-11;2*2-1(3,4)5/h1-8H,9H2;;/q+2;2*-1. The topological polar surface area (TPSA) is 56.3 Å². The highest BCUT2D eigenvalue weighted by atomic mass is 19.5. The zero-order valence-electron chi connectivity index (χ0n) is 13.3. The van der Waals surface area contributed by atoms with E-state index in [9.17, 15) is 34.5 Å². The van der Waals surface area contributed by atoms with Crippen LogP contribution in [-0.4, -0.2) is 14.5 Å². The van der Waals surface area contributed by atoms with Crippen LogP contribution < -0.4 is 0 Å². The summed E-state index contributed by atoms with van der Waals surface area (Å²) in [6.45, 7) is 0. The summed E-state index contributed by atoms with van der Waals surface area (Å²) in [5, 5.41) is 17.1. The molecule has 0 spiro atoms. The second kappa shape index (κ2) is 10.8. The Morgan fingerprint density at radius 1 is 0.556 bits per heavy atom. The molecular formula is C13H10B2F8N4. The maximum atomic E-state index is 9.75. The molecule has 2 aromatic rings. The molecule has 0 atom stereocenters. The molecule has 0 aliphatic carbocycles. The van der Waals surface area contributed by atoms with Crippen molar-refractivity contribution in [3.63, 3.8) is 0 Å². The van der Waals surface area contributed by atoms with Gasteiger partial charge in [0.05, 0.1) is 0 Å². The van der Waals surface area contributed by atoms with Gasteiger partial charge in [-0.05, 0) is 17.5 Å². The molecule has 0 unspecified atom stereocenters. The van der Waals surface area contributed by atoms with Crippen LogP contribution >= 0.6 is 0 Å². The van der Waals surface area contributed by atoms with Crippen molar-refractivity contribution in [3.8, 4) is 0 Å². The van der Waals surface area contributed by atoms with E-state index in [-0.39, 0.29) is 0 Å². The molecule has 2 rings (SSSR count). The number of diazo groups is 2. The van der Waals surface area contributed by atoms with Crippen LogP contribution in [0.25, 0.3) is 9.95 Å². The summed E-state index contributed by atoms with van der Waals surface area (Å²) in [4.78, 5) is 6.20. The molecule has 0 saturated carbocycles. The van der Waals surface area contributed by atoms with Crippen LogP contribution in [0.1, 0.15) is 11.1 Å². The van der Waals surface area contributed by atoms with Crippen LogP contribution in [0.2, 0.25) is 0 Å². The molecule has 0 N–H and O–H groups in total. The molecule has 0 aromatic heterocycles. The van der Waals surface area contributed by atoms with Gasteiger partial charge in [-0.2, -0.15) is 0 Å². The van der Waals surface area contributed by atoms with Crippen molar-refractivity contribution < 1.29 is 34.5 Å². The van der Waals surface area contributed by atoms with Crippen LogP contribution in [0.15, 0.2) is 48.5 Å². The molecule has 144 valence electrons. The SMILES string of the molecule is F[B-](F)(F)F.F[B-](F)(F)F.N#[N+]c1ccc(Cc2ccc([N+]#N)cc2)cc1. The minimum Gasteiger partial charge on any atom is -0.418 e. The molecule has 0 radical (unpaired) electrons. The lowest BCUT2D eigenvalue weighted by Crippen LogP contribution is -2.02. The maximum absolute atomic E-state index is 9.75. The second-order valence-corrected chi connectivity index (χ2v) is 4.70. The van der Waals surface area contributed by atoms with E-state index >= 15 is 0 Å². The van der Waals surface area contributed by atoms with Gasteiger partial charge in [0.2, 0.25) is 10.8 Å². The number of benzene rings is 2. The Morgan fingerprint density at radius 3 is 0.963 bits per heavy atom. The summed E-state index contributed by atoms with van der Waals surface area (Å²) in [6, 6.07) is 14.7. The van der Waals surface area contributed by atoms with E-state index in [4.69, 9.17) is 10.8 Å². The average molecular weight is 396 g/mol. The van der Waals surface area contributed by atoms with E-state index in [0.29, 0.717) is 11.4 Å². The van der Waals surface area contributed by atoms with Gasteiger partial charge in [0.1, 0.15) is 0 Å². The van der Waals surface area contributed by atoms with Gasteiger partial charge >= 0.3 is 25.9 Å². The lowest BCUT2D eigenvalue weighted by molar-refractivity contribution is 0.366. The summed E-state index contributed by atoms with van der Waals surface area (Å²) >= 11 is 0. The zero-order valence-corrected chi connectivity index (χ0v) is 13.3. The molecule has 27 heavy (non-hydrogen) atoms. The molecule has 0 amide bonds. The Morgan fingerprint density at radius 2 is 0.778 bits per heavy atom. The van der Waals surface area contributed by atoms with E-state index in [1.54, 1.807) is 24.3 Å². The number of hydrogen-bond donors (Lipinski definition) is 0. The smallest absolute Gasteiger partial charge is 0.418 e. The molecule has 4 nitrogen and oxygen atoms in total. The first-order chi connectivity index (χ1) is 12.3. The van der Waals surface area contributed by atoms with Crippen molar-refractivity contribution in [1.82, 2.24) is 0 Å². The number of halogens is 8. The van der Waals surface area contributed by atoms with Gasteiger partial charge in [-0.3, -0.25) is 0 Å². The maximum Gasteiger partial charge on any atom is 0.673 e. The van der Waals surface area contributed by atoms with Crippen molar-refractivity contribution in [2.45, 2.75) is 6.42 Å². The molecular weight excluding hydrogens is 386 g/mol. The van der Waals surface area contributed by atoms with Crippen LogP contribution in [-0.2, 0) is 6.42 Å². The predicted octanol–water partition coefficient (Wildman–Crippen LogP) is 6.85. The third-order valence-electron chi connectivity index (χ3n) is 2.51. The van der Waals surface area contributed by atoms with Gasteiger partial charge in [-0.25, -0.2) is 0 Å². The fourth-order valence-electron chi connectivity index (χ4n) is 1.60. The summed E-state index contributed by atoms with van der Waals surface area (Å²) in [6.07, 6.45) is 0.789. The van der Waals surface area contributed by atoms with Crippen LogP contribution in [0.3, 0.4) is 0 Å². The van der Waals surface area contributed by atoms with Crippen molar-refractivity contribution in [3.05, 3.63) is 69.6 Å². The Labute approximate surface area is 148 Å². The van der Waals surface area contributed by atoms with Gasteiger partial charge in [0, 0.05) is 24.3 Å². The van der Waals surface area contributed by atoms with Gasteiger partial charge in [-0.1, -0.05) is 24.3 Å². The van der Waals surface area contributed by atoms with Gasteiger partial charge in [0.25, 0.3) is 0 Å². The number of nitrogens with zero attached hydrogens (tertiary/aromatic N) is 4. The van der Waals surface area contributed by atoms with Crippen molar-refractivity contribution in [2.24, 2.45) is 0 Å². The van der Waals surface area contributed by atoms with Crippen molar-refractivity contribution >= 4 is 25.9 Å². The first kappa shape index (κ1) is 23.8. The Hall–Kier alpha value is -3.15. The summed E-state index contributed by atoms with van der Waals surface area (Å²) in [5.41, 5.74) is 3.35. The first-order valence-electron chi connectivity index (χ1n) is 6.94. The van der Waals surface area contributed by atoms with E-state index in [0.717, 1.165) is 17.5 Å². The first-order valence-corrected chi connectivity index (χ1v) is 6.94. The van der Waals surface area contributed by atoms with Crippen LogP contribution in [0, 0.1) is 10.8 Å².